The van der Waals surface area contributed by atoms with E-state index in [2.05, 4.69) is 37.3 Å². The van der Waals surface area contributed by atoms with Crippen molar-refractivity contribution in [1.29, 1.82) is 0 Å². The Labute approximate surface area is 93.1 Å². The Morgan fingerprint density at radius 2 is 2.00 bits per heavy atom. The zero-order valence-corrected chi connectivity index (χ0v) is 10.8. The molecule has 0 fully saturated rings. The van der Waals surface area contributed by atoms with E-state index >= 15 is 0 Å². The number of rotatable bonds is 2. The topological polar surface area (TPSA) is 12.9 Å². The fourth-order valence-electron chi connectivity index (χ4n) is 1.21. The molecule has 1 rings (SSSR count). The van der Waals surface area contributed by atoms with Gasteiger partial charge in [-0.3, -0.25) is 4.98 Å². The van der Waals surface area contributed by atoms with Gasteiger partial charge in [0.05, 0.1) is 21.4 Å². The van der Waals surface area contributed by atoms with Crippen LogP contribution in [0.2, 0.25) is 0 Å². The second kappa shape index (κ2) is 4.33. The summed E-state index contributed by atoms with van der Waals surface area (Å²) in [6.07, 6.45) is 1.73. The summed E-state index contributed by atoms with van der Waals surface area (Å²) in [5, 5.41) is 1.06. The van der Waals surface area contributed by atoms with E-state index in [1.54, 1.807) is 6.20 Å². The summed E-state index contributed by atoms with van der Waals surface area (Å²) in [6, 6.07) is 1.96. The van der Waals surface area contributed by atoms with Crippen LogP contribution in [-0.4, -0.2) is 20.7 Å². The van der Waals surface area contributed by atoms with Crippen LogP contribution >= 0.6 is 18.5 Å². The van der Waals surface area contributed by atoms with Crippen LogP contribution in [0, 0.1) is 0 Å². The Bertz CT molecular complexity index is 334. The average molecular weight is 219 g/mol. The summed E-state index contributed by atoms with van der Waals surface area (Å²) >= 11 is 0. The molecule has 0 aliphatic rings. The Balaban J connectivity index is 3.13. The normalized spacial score (nSPS) is 12.1. The third-order valence-corrected chi connectivity index (χ3v) is 2.79. The molecule has 0 spiro atoms. The second-order valence-corrected chi connectivity index (χ2v) is 5.36. The van der Waals surface area contributed by atoms with Gasteiger partial charge < -0.3 is 0 Å². The summed E-state index contributed by atoms with van der Waals surface area (Å²) in [7, 11) is 16.5. The molecule has 0 aliphatic carbocycles. The molecule has 2 atom stereocenters. The standard InChI is InChI=1S/C9H13B2NP2/c1-5(2)8-7(13)3-6(4-12-8)9(10,11)14/h3-5H,13-14H2,1-2H3. The summed E-state index contributed by atoms with van der Waals surface area (Å²) in [5.74, 6) is 0.408. The number of hydrogen-bond donors (Lipinski definition) is 0. The van der Waals surface area contributed by atoms with Gasteiger partial charge in [0.1, 0.15) is 0 Å². The highest BCUT2D eigenvalue weighted by Gasteiger charge is 2.15. The van der Waals surface area contributed by atoms with Gasteiger partial charge in [0.25, 0.3) is 0 Å². The molecule has 5 heteroatoms. The van der Waals surface area contributed by atoms with Crippen molar-refractivity contribution in [1.82, 2.24) is 4.98 Å². The second-order valence-electron chi connectivity index (χ2n) is 3.79. The lowest BCUT2D eigenvalue weighted by Crippen LogP contribution is -2.21. The molecule has 1 heterocycles. The Hall–Kier alpha value is 0.140. The van der Waals surface area contributed by atoms with Gasteiger partial charge in [-0.1, -0.05) is 18.8 Å². The number of pyridine rings is 1. The zero-order chi connectivity index (χ0) is 10.9. The molecule has 0 saturated heterocycles. The fourth-order valence-corrected chi connectivity index (χ4v) is 1.96. The fraction of sp³-hybridized carbons (Fsp3) is 0.444. The predicted molar refractivity (Wildman–Crippen MR) is 70.6 cm³/mol. The highest BCUT2D eigenvalue weighted by molar-refractivity contribution is 7.27. The van der Waals surface area contributed by atoms with Crippen molar-refractivity contribution < 1.29 is 0 Å². The first kappa shape index (κ1) is 12.2. The summed E-state index contributed by atoms with van der Waals surface area (Å²) in [5.41, 5.74) is 1.88. The van der Waals surface area contributed by atoms with E-state index in [9.17, 15) is 0 Å². The van der Waals surface area contributed by atoms with Crippen LogP contribution in [0.4, 0.5) is 0 Å². The van der Waals surface area contributed by atoms with Crippen molar-refractivity contribution >= 4 is 39.5 Å². The average Bonchev–Trinajstić information content (AvgIpc) is 2.01. The SMILES string of the molecule is [B]C([B])(P)c1cnc(C(C)C)c(P)c1. The van der Waals surface area contributed by atoms with Crippen LogP contribution in [0.1, 0.15) is 31.0 Å². The minimum atomic E-state index is -0.895. The van der Waals surface area contributed by atoms with Crippen LogP contribution in [0.15, 0.2) is 12.3 Å². The number of hydrogen-bond acceptors (Lipinski definition) is 1. The summed E-state index contributed by atoms with van der Waals surface area (Å²) < 4.78 is 0. The molecular weight excluding hydrogens is 206 g/mol. The Kier molecular flexibility index (Phi) is 3.78. The third kappa shape index (κ3) is 2.81. The van der Waals surface area contributed by atoms with E-state index in [0.29, 0.717) is 5.92 Å². The van der Waals surface area contributed by atoms with Crippen molar-refractivity contribution in [2.75, 3.05) is 0 Å². The highest BCUT2D eigenvalue weighted by Crippen LogP contribution is 2.24. The molecule has 0 saturated carbocycles. The minimum absolute atomic E-state index is 0.408. The lowest BCUT2D eigenvalue weighted by Gasteiger charge is -2.21. The molecular formula is C9H13B2NP2. The monoisotopic (exact) mass is 219 g/mol. The van der Waals surface area contributed by atoms with Gasteiger partial charge in [-0.2, -0.15) is 0 Å². The van der Waals surface area contributed by atoms with Crippen LogP contribution in [-0.2, 0) is 4.95 Å². The first-order chi connectivity index (χ1) is 6.32. The van der Waals surface area contributed by atoms with E-state index in [4.69, 9.17) is 15.7 Å². The maximum absolute atomic E-state index is 5.74. The van der Waals surface area contributed by atoms with Crippen LogP contribution in [0.5, 0.6) is 0 Å². The van der Waals surface area contributed by atoms with Gasteiger partial charge in [-0.15, -0.1) is 18.5 Å². The van der Waals surface area contributed by atoms with Crippen molar-refractivity contribution in [3.63, 3.8) is 0 Å². The molecule has 1 aromatic heterocycles. The smallest absolute Gasteiger partial charge is 0.0738 e. The van der Waals surface area contributed by atoms with Gasteiger partial charge in [0.15, 0.2) is 0 Å². The van der Waals surface area contributed by atoms with Crippen molar-refractivity contribution in [2.24, 2.45) is 0 Å². The lowest BCUT2D eigenvalue weighted by atomic mass is 9.65. The van der Waals surface area contributed by atoms with E-state index in [-0.39, 0.29) is 0 Å². The maximum Gasteiger partial charge on any atom is 0.0738 e. The van der Waals surface area contributed by atoms with E-state index in [1.165, 1.54) is 0 Å². The molecule has 1 nitrogen and oxygen atoms in total. The van der Waals surface area contributed by atoms with Crippen molar-refractivity contribution in [2.45, 2.75) is 24.7 Å². The van der Waals surface area contributed by atoms with Crippen molar-refractivity contribution in [3.05, 3.63) is 23.5 Å². The molecule has 70 valence electrons. The highest BCUT2D eigenvalue weighted by atomic mass is 31.0. The Morgan fingerprint density at radius 3 is 2.36 bits per heavy atom. The van der Waals surface area contributed by atoms with Crippen LogP contribution in [0.3, 0.4) is 0 Å². The molecule has 0 bridgehead atoms. The van der Waals surface area contributed by atoms with Crippen molar-refractivity contribution in [3.8, 4) is 0 Å². The molecule has 0 amide bonds. The van der Waals surface area contributed by atoms with Gasteiger partial charge in [-0.05, 0) is 22.9 Å². The lowest BCUT2D eigenvalue weighted by molar-refractivity contribution is 0.828. The number of nitrogens with zero attached hydrogens (tertiary/aromatic N) is 1. The quantitative estimate of drug-likeness (QED) is 0.534. The summed E-state index contributed by atoms with van der Waals surface area (Å²) in [6.45, 7) is 4.21. The largest absolute Gasteiger partial charge is 0.260 e. The minimum Gasteiger partial charge on any atom is -0.260 e. The maximum atomic E-state index is 5.74. The molecule has 2 unspecified atom stereocenters. The summed E-state index contributed by atoms with van der Waals surface area (Å²) in [4.78, 5) is 3.46. The van der Waals surface area contributed by atoms with Crippen LogP contribution < -0.4 is 5.30 Å². The van der Waals surface area contributed by atoms with Gasteiger partial charge in [0.2, 0.25) is 0 Å². The van der Waals surface area contributed by atoms with E-state index in [1.807, 2.05) is 6.07 Å². The van der Waals surface area contributed by atoms with E-state index in [0.717, 1.165) is 16.6 Å². The Morgan fingerprint density at radius 1 is 1.43 bits per heavy atom. The molecule has 0 aromatic carbocycles. The third-order valence-electron chi connectivity index (χ3n) is 2.00. The first-order valence-electron chi connectivity index (χ1n) is 4.45. The number of aromatic nitrogens is 1. The molecule has 4 radical (unpaired) electrons. The van der Waals surface area contributed by atoms with Gasteiger partial charge in [-0.25, -0.2) is 0 Å². The van der Waals surface area contributed by atoms with Gasteiger partial charge >= 0.3 is 0 Å². The molecule has 0 aliphatic heterocycles. The first-order valence-corrected chi connectivity index (χ1v) is 5.60. The van der Waals surface area contributed by atoms with Gasteiger partial charge in [0, 0.05) is 6.20 Å². The molecule has 14 heavy (non-hydrogen) atoms. The zero-order valence-electron chi connectivity index (χ0n) is 8.49. The van der Waals surface area contributed by atoms with E-state index < -0.39 is 4.95 Å². The predicted octanol–water partition coefficient (Wildman–Crippen LogP) is 1.03. The molecule has 1 aromatic rings. The van der Waals surface area contributed by atoms with Crippen LogP contribution in [0.25, 0.3) is 0 Å². The molecule has 0 N–H and O–H groups in total.